The average Bonchev–Trinajstić information content (AvgIpc) is 2.86. The first kappa shape index (κ1) is 35.8. The fourth-order valence-electron chi connectivity index (χ4n) is 2.52. The van der Waals surface area contributed by atoms with E-state index in [1.807, 2.05) is 0 Å². The summed E-state index contributed by atoms with van der Waals surface area (Å²) in [6.07, 6.45) is 0.235. The van der Waals surface area contributed by atoms with Crippen LogP contribution in [0.25, 0.3) is 0 Å². The number of methoxy groups -OCH3 is 1. The van der Waals surface area contributed by atoms with Crippen molar-refractivity contribution in [3.8, 4) is 0 Å². The Labute approximate surface area is 216 Å². The summed E-state index contributed by atoms with van der Waals surface area (Å²) < 4.78 is 70.8. The van der Waals surface area contributed by atoms with Gasteiger partial charge >= 0.3 is 7.60 Å². The van der Waals surface area contributed by atoms with E-state index in [1.165, 1.54) is 0 Å². The van der Waals surface area contributed by atoms with Crippen molar-refractivity contribution in [1.29, 1.82) is 0 Å². The minimum absolute atomic E-state index is 0.235. The van der Waals surface area contributed by atoms with Gasteiger partial charge in [0, 0.05) is 7.11 Å². The fourth-order valence-corrected chi connectivity index (χ4v) is 3.99. The highest BCUT2D eigenvalue weighted by atomic mass is 31.2. The Kier molecular flexibility index (Phi) is 29.2. The van der Waals surface area contributed by atoms with Crippen LogP contribution in [0.15, 0.2) is 0 Å². The Balaban J connectivity index is 3.17. The summed E-state index contributed by atoms with van der Waals surface area (Å²) in [7, 11) is -1.40. The van der Waals surface area contributed by atoms with E-state index in [9.17, 15) is 4.57 Å². The van der Waals surface area contributed by atoms with Crippen molar-refractivity contribution in [3.05, 3.63) is 0 Å². The molecule has 36 heavy (non-hydrogen) atoms. The van der Waals surface area contributed by atoms with Gasteiger partial charge in [-0.05, 0) is 13.8 Å². The maximum Gasteiger partial charge on any atom is 0.332 e. The lowest BCUT2D eigenvalue weighted by Gasteiger charge is -2.16. The maximum atomic E-state index is 12.2. The van der Waals surface area contributed by atoms with E-state index in [0.29, 0.717) is 126 Å². The van der Waals surface area contributed by atoms with E-state index in [1.54, 1.807) is 21.0 Å². The Morgan fingerprint density at radius 3 is 0.917 bits per heavy atom. The third-order valence-corrected chi connectivity index (χ3v) is 6.23. The molecule has 0 aliphatic heterocycles. The first-order valence-electron chi connectivity index (χ1n) is 12.7. The quantitative estimate of drug-likeness (QED) is 0.0932. The van der Waals surface area contributed by atoms with Crippen molar-refractivity contribution in [2.75, 3.05) is 139 Å². The normalized spacial score (nSPS) is 12.0. The smallest absolute Gasteiger partial charge is 0.332 e. The van der Waals surface area contributed by atoms with Gasteiger partial charge in [0.15, 0.2) is 0 Å². The SMILES string of the molecule is CCOP(=O)(CCOCCOCCOCCOCCOCCOCCOCCOCCOC)OCC. The molecule has 0 heterocycles. The standard InChI is InChI=1S/C23H49O12P/c1-4-34-36(24,35-5-2)23-22-33-21-20-32-19-18-31-17-16-30-15-14-29-13-12-28-11-10-27-9-8-26-7-6-25-3/h4-23H2,1-3H3. The van der Waals surface area contributed by atoms with Crippen LogP contribution in [-0.2, 0) is 56.2 Å². The molecule has 0 rings (SSSR count). The molecule has 0 N–H and O–H groups in total. The zero-order valence-corrected chi connectivity index (χ0v) is 23.4. The zero-order valence-electron chi connectivity index (χ0n) is 22.5. The van der Waals surface area contributed by atoms with Crippen molar-refractivity contribution in [2.24, 2.45) is 0 Å². The first-order chi connectivity index (χ1) is 17.7. The third kappa shape index (κ3) is 26.8. The van der Waals surface area contributed by atoms with E-state index < -0.39 is 7.60 Å². The molecule has 0 amide bonds. The van der Waals surface area contributed by atoms with Gasteiger partial charge in [-0.15, -0.1) is 0 Å². The molecule has 0 atom stereocenters. The molecular formula is C23H49O12P. The Bertz CT molecular complexity index is 462. The molecule has 0 bridgehead atoms. The number of rotatable bonds is 31. The Morgan fingerprint density at radius 1 is 0.417 bits per heavy atom. The Morgan fingerprint density at radius 2 is 0.667 bits per heavy atom. The van der Waals surface area contributed by atoms with Crippen LogP contribution >= 0.6 is 7.60 Å². The van der Waals surface area contributed by atoms with E-state index in [0.717, 1.165) is 0 Å². The second kappa shape index (κ2) is 29.3. The molecule has 0 aromatic carbocycles. The molecule has 0 fully saturated rings. The van der Waals surface area contributed by atoms with Crippen molar-refractivity contribution >= 4 is 7.60 Å². The van der Waals surface area contributed by atoms with E-state index in [-0.39, 0.29) is 6.16 Å². The van der Waals surface area contributed by atoms with Crippen LogP contribution in [0.2, 0.25) is 0 Å². The fraction of sp³-hybridized carbons (Fsp3) is 1.00. The topological polar surface area (TPSA) is 119 Å². The molecule has 0 radical (unpaired) electrons. The van der Waals surface area contributed by atoms with Crippen LogP contribution in [0.4, 0.5) is 0 Å². The van der Waals surface area contributed by atoms with Crippen molar-refractivity contribution in [2.45, 2.75) is 13.8 Å². The van der Waals surface area contributed by atoms with Crippen LogP contribution < -0.4 is 0 Å². The van der Waals surface area contributed by atoms with Crippen LogP contribution in [0.3, 0.4) is 0 Å². The highest BCUT2D eigenvalue weighted by molar-refractivity contribution is 7.53. The summed E-state index contributed by atoms with van der Waals surface area (Å²) in [4.78, 5) is 0. The third-order valence-electron chi connectivity index (χ3n) is 4.20. The molecular weight excluding hydrogens is 499 g/mol. The zero-order chi connectivity index (χ0) is 26.4. The van der Waals surface area contributed by atoms with Crippen LogP contribution in [0.5, 0.6) is 0 Å². The van der Waals surface area contributed by atoms with Gasteiger partial charge in [-0.1, -0.05) is 0 Å². The van der Waals surface area contributed by atoms with Crippen LogP contribution in [0.1, 0.15) is 13.8 Å². The van der Waals surface area contributed by atoms with Gasteiger partial charge in [-0.2, -0.15) is 0 Å². The lowest BCUT2D eigenvalue weighted by Crippen LogP contribution is -2.15. The molecule has 0 aromatic heterocycles. The Hall–Kier alpha value is -0.210. The molecule has 0 aromatic rings. The summed E-state index contributed by atoms with van der Waals surface area (Å²) in [5, 5.41) is 0. The molecule has 12 nitrogen and oxygen atoms in total. The molecule has 0 aliphatic rings. The highest BCUT2D eigenvalue weighted by Crippen LogP contribution is 2.47. The highest BCUT2D eigenvalue weighted by Gasteiger charge is 2.22. The second-order valence-electron chi connectivity index (χ2n) is 7.06. The van der Waals surface area contributed by atoms with Gasteiger partial charge in [0.2, 0.25) is 0 Å². The van der Waals surface area contributed by atoms with Gasteiger partial charge < -0.3 is 51.7 Å². The van der Waals surface area contributed by atoms with Gasteiger partial charge in [-0.25, -0.2) is 0 Å². The van der Waals surface area contributed by atoms with E-state index in [4.69, 9.17) is 51.7 Å². The van der Waals surface area contributed by atoms with Gasteiger partial charge in [0.05, 0.1) is 132 Å². The predicted molar refractivity (Wildman–Crippen MR) is 134 cm³/mol. The molecule has 218 valence electrons. The van der Waals surface area contributed by atoms with E-state index >= 15 is 0 Å². The second-order valence-corrected chi connectivity index (χ2v) is 9.25. The van der Waals surface area contributed by atoms with Crippen LogP contribution in [-0.4, -0.2) is 139 Å². The summed E-state index contributed by atoms with van der Waals surface area (Å²) in [5.74, 6) is 0. The average molecular weight is 549 g/mol. The molecule has 0 saturated carbocycles. The molecule has 0 aliphatic carbocycles. The summed E-state index contributed by atoms with van der Waals surface area (Å²) in [6, 6.07) is 0. The minimum Gasteiger partial charge on any atom is -0.382 e. The predicted octanol–water partition coefficient (Wildman–Crippen LogP) is 2.03. The van der Waals surface area contributed by atoms with Crippen molar-refractivity contribution in [1.82, 2.24) is 0 Å². The van der Waals surface area contributed by atoms with E-state index in [2.05, 4.69) is 0 Å². The molecule has 0 spiro atoms. The van der Waals surface area contributed by atoms with Gasteiger partial charge in [-0.3, -0.25) is 4.57 Å². The first-order valence-corrected chi connectivity index (χ1v) is 14.4. The largest absolute Gasteiger partial charge is 0.382 e. The molecule has 0 unspecified atom stereocenters. The minimum atomic E-state index is -3.04. The van der Waals surface area contributed by atoms with Crippen LogP contribution in [0, 0.1) is 0 Å². The van der Waals surface area contributed by atoms with Gasteiger partial charge in [0.1, 0.15) is 0 Å². The van der Waals surface area contributed by atoms with Crippen molar-refractivity contribution in [3.63, 3.8) is 0 Å². The maximum absolute atomic E-state index is 12.2. The monoisotopic (exact) mass is 548 g/mol. The lowest BCUT2D eigenvalue weighted by atomic mass is 10.6. The number of hydrogen-bond acceptors (Lipinski definition) is 12. The summed E-state index contributed by atoms with van der Waals surface area (Å²) >= 11 is 0. The number of ether oxygens (including phenoxy) is 9. The number of hydrogen-bond donors (Lipinski definition) is 0. The van der Waals surface area contributed by atoms with Crippen molar-refractivity contribution < 1.29 is 56.2 Å². The molecule has 13 heteroatoms. The summed E-state index contributed by atoms with van der Waals surface area (Å²) in [6.45, 7) is 12.7. The summed E-state index contributed by atoms with van der Waals surface area (Å²) in [5.41, 5.74) is 0. The van der Waals surface area contributed by atoms with Gasteiger partial charge in [0.25, 0.3) is 0 Å². The molecule has 0 saturated heterocycles. The lowest BCUT2D eigenvalue weighted by molar-refractivity contribution is -0.0240.